The Bertz CT molecular complexity index is 523. The molecule has 2 bridgehead atoms. The first-order valence-corrected chi connectivity index (χ1v) is 9.18. The maximum atomic E-state index is 12.9. The summed E-state index contributed by atoms with van der Waals surface area (Å²) >= 11 is 0. The predicted octanol–water partition coefficient (Wildman–Crippen LogP) is 3.66. The molecule has 3 unspecified atom stereocenters. The summed E-state index contributed by atoms with van der Waals surface area (Å²) in [6.45, 7) is 8.63. The molecular weight excluding hydrogens is 284 g/mol. The molecule has 2 heterocycles. The number of benzene rings is 1. The van der Waals surface area contributed by atoms with Gasteiger partial charge < -0.3 is 10.2 Å². The van der Waals surface area contributed by atoms with Crippen molar-refractivity contribution < 1.29 is 4.79 Å². The standard InChI is InChI=1S/C20H30N2O/c1-14(2)16-4-6-17(7-5-16)15(3)12-20(23)22-18-8-9-19(22)13-21-11-10-18/h4-7,14-15,18-19,21H,8-13H2,1-3H3. The highest BCUT2D eigenvalue weighted by atomic mass is 16.2. The van der Waals surface area contributed by atoms with Crippen molar-refractivity contribution in [1.29, 1.82) is 0 Å². The van der Waals surface area contributed by atoms with Gasteiger partial charge in [-0.2, -0.15) is 0 Å². The lowest BCUT2D eigenvalue weighted by Gasteiger charge is -2.29. The van der Waals surface area contributed by atoms with Gasteiger partial charge in [0.05, 0.1) is 0 Å². The monoisotopic (exact) mass is 314 g/mol. The van der Waals surface area contributed by atoms with Crippen LogP contribution in [0.3, 0.4) is 0 Å². The number of nitrogens with zero attached hydrogens (tertiary/aromatic N) is 1. The molecule has 0 aromatic heterocycles. The smallest absolute Gasteiger partial charge is 0.223 e. The van der Waals surface area contributed by atoms with E-state index in [-0.39, 0.29) is 0 Å². The van der Waals surface area contributed by atoms with Gasteiger partial charge in [0.2, 0.25) is 5.91 Å². The van der Waals surface area contributed by atoms with Gasteiger partial charge in [-0.25, -0.2) is 0 Å². The van der Waals surface area contributed by atoms with Gasteiger partial charge in [0, 0.05) is 25.0 Å². The van der Waals surface area contributed by atoms with Gasteiger partial charge in [-0.1, -0.05) is 45.0 Å². The van der Waals surface area contributed by atoms with E-state index in [1.54, 1.807) is 0 Å². The van der Waals surface area contributed by atoms with Gasteiger partial charge in [0.15, 0.2) is 0 Å². The Labute approximate surface area is 140 Å². The highest BCUT2D eigenvalue weighted by molar-refractivity contribution is 5.78. The Morgan fingerprint density at radius 1 is 1.09 bits per heavy atom. The quantitative estimate of drug-likeness (QED) is 0.920. The summed E-state index contributed by atoms with van der Waals surface area (Å²) in [5.41, 5.74) is 2.65. The van der Waals surface area contributed by atoms with Crippen LogP contribution in [0.5, 0.6) is 0 Å². The molecule has 2 aliphatic rings. The van der Waals surface area contributed by atoms with Crippen LogP contribution in [-0.4, -0.2) is 36.0 Å². The van der Waals surface area contributed by atoms with Crippen molar-refractivity contribution in [3.8, 4) is 0 Å². The summed E-state index contributed by atoms with van der Waals surface area (Å²) < 4.78 is 0. The van der Waals surface area contributed by atoms with Crippen LogP contribution in [0, 0.1) is 0 Å². The normalized spacial score (nSPS) is 25.5. The zero-order valence-electron chi connectivity index (χ0n) is 14.7. The minimum atomic E-state index is 0.291. The molecule has 1 aromatic carbocycles. The Balaban J connectivity index is 1.65. The van der Waals surface area contributed by atoms with E-state index in [4.69, 9.17) is 0 Å². The molecular formula is C20H30N2O. The second kappa shape index (κ2) is 7.04. The van der Waals surface area contributed by atoms with Crippen LogP contribution < -0.4 is 5.32 Å². The molecule has 3 nitrogen and oxygen atoms in total. The first kappa shape index (κ1) is 16.5. The molecule has 23 heavy (non-hydrogen) atoms. The molecule has 0 aliphatic carbocycles. The maximum Gasteiger partial charge on any atom is 0.223 e. The summed E-state index contributed by atoms with van der Waals surface area (Å²) in [7, 11) is 0. The molecule has 126 valence electrons. The SMILES string of the molecule is CC(C)c1ccc(C(C)CC(=O)N2C3CCNCC2CC3)cc1. The van der Waals surface area contributed by atoms with Crippen LogP contribution >= 0.6 is 0 Å². The van der Waals surface area contributed by atoms with Gasteiger partial charge in [-0.05, 0) is 48.8 Å². The molecule has 0 radical (unpaired) electrons. The van der Waals surface area contributed by atoms with Gasteiger partial charge in [-0.15, -0.1) is 0 Å². The third-order valence-corrected chi connectivity index (χ3v) is 5.60. The van der Waals surface area contributed by atoms with E-state index in [9.17, 15) is 4.79 Å². The molecule has 0 saturated carbocycles. The summed E-state index contributed by atoms with van der Waals surface area (Å²) in [6.07, 6.45) is 4.10. The van der Waals surface area contributed by atoms with Crippen molar-refractivity contribution in [2.24, 2.45) is 0 Å². The van der Waals surface area contributed by atoms with Crippen LogP contribution in [0.4, 0.5) is 0 Å². The van der Waals surface area contributed by atoms with Crippen LogP contribution in [0.2, 0.25) is 0 Å². The van der Waals surface area contributed by atoms with Crippen LogP contribution in [0.1, 0.15) is 69.4 Å². The fourth-order valence-electron chi connectivity index (χ4n) is 4.08. The average molecular weight is 314 g/mol. The summed E-state index contributed by atoms with van der Waals surface area (Å²) in [4.78, 5) is 15.1. The number of nitrogens with one attached hydrogen (secondary N) is 1. The van der Waals surface area contributed by atoms with E-state index < -0.39 is 0 Å². The molecule has 2 aliphatic heterocycles. The number of amides is 1. The van der Waals surface area contributed by atoms with Crippen molar-refractivity contribution in [2.75, 3.05) is 13.1 Å². The van der Waals surface area contributed by atoms with Crippen LogP contribution in [0.15, 0.2) is 24.3 Å². The molecule has 3 rings (SSSR count). The summed E-state index contributed by atoms with van der Waals surface area (Å²) in [5, 5.41) is 3.47. The lowest BCUT2D eigenvalue weighted by Crippen LogP contribution is -2.42. The van der Waals surface area contributed by atoms with Crippen molar-refractivity contribution in [2.45, 2.75) is 70.4 Å². The molecule has 3 atom stereocenters. The summed E-state index contributed by atoms with van der Waals surface area (Å²) in [6, 6.07) is 9.71. The first-order chi connectivity index (χ1) is 11.1. The van der Waals surface area contributed by atoms with Gasteiger partial charge in [0.1, 0.15) is 0 Å². The first-order valence-electron chi connectivity index (χ1n) is 9.18. The van der Waals surface area contributed by atoms with E-state index in [0.29, 0.717) is 36.2 Å². The fraction of sp³-hybridized carbons (Fsp3) is 0.650. The van der Waals surface area contributed by atoms with E-state index in [0.717, 1.165) is 19.5 Å². The fourth-order valence-corrected chi connectivity index (χ4v) is 4.08. The van der Waals surface area contributed by atoms with E-state index in [1.807, 2.05) is 0 Å². The van der Waals surface area contributed by atoms with E-state index in [2.05, 4.69) is 55.3 Å². The minimum Gasteiger partial charge on any atom is -0.335 e. The Kier molecular flexibility index (Phi) is 5.05. The molecule has 3 heteroatoms. The Morgan fingerprint density at radius 2 is 1.74 bits per heavy atom. The maximum absolute atomic E-state index is 12.9. The summed E-state index contributed by atoms with van der Waals surface area (Å²) in [5.74, 6) is 1.20. The molecule has 2 saturated heterocycles. The molecule has 2 fully saturated rings. The third-order valence-electron chi connectivity index (χ3n) is 5.60. The second-order valence-corrected chi connectivity index (χ2v) is 7.61. The zero-order valence-corrected chi connectivity index (χ0v) is 14.7. The number of carbonyl (C=O) groups excluding carboxylic acids is 1. The van der Waals surface area contributed by atoms with Gasteiger partial charge in [-0.3, -0.25) is 4.79 Å². The zero-order chi connectivity index (χ0) is 16.4. The molecule has 1 amide bonds. The van der Waals surface area contributed by atoms with Crippen LogP contribution in [0.25, 0.3) is 0 Å². The number of fused-ring (bicyclic) bond motifs is 2. The lowest BCUT2D eigenvalue weighted by atomic mass is 9.93. The Morgan fingerprint density at radius 3 is 2.43 bits per heavy atom. The predicted molar refractivity (Wildman–Crippen MR) is 94.7 cm³/mol. The second-order valence-electron chi connectivity index (χ2n) is 7.61. The largest absolute Gasteiger partial charge is 0.335 e. The Hall–Kier alpha value is -1.35. The number of carbonyl (C=O) groups is 1. The van der Waals surface area contributed by atoms with Crippen molar-refractivity contribution in [3.63, 3.8) is 0 Å². The van der Waals surface area contributed by atoms with Gasteiger partial charge in [0.25, 0.3) is 0 Å². The van der Waals surface area contributed by atoms with Crippen LogP contribution in [-0.2, 0) is 4.79 Å². The van der Waals surface area contributed by atoms with E-state index in [1.165, 1.54) is 24.0 Å². The number of rotatable bonds is 4. The van der Waals surface area contributed by atoms with Crippen molar-refractivity contribution in [3.05, 3.63) is 35.4 Å². The third kappa shape index (κ3) is 3.60. The molecule has 1 N–H and O–H groups in total. The van der Waals surface area contributed by atoms with Gasteiger partial charge >= 0.3 is 0 Å². The molecule has 1 aromatic rings. The van der Waals surface area contributed by atoms with Crippen molar-refractivity contribution in [1.82, 2.24) is 10.2 Å². The highest BCUT2D eigenvalue weighted by Crippen LogP contribution is 2.31. The molecule has 0 spiro atoms. The topological polar surface area (TPSA) is 32.3 Å². The minimum absolute atomic E-state index is 0.291. The number of hydrogen-bond acceptors (Lipinski definition) is 2. The number of hydrogen-bond donors (Lipinski definition) is 1. The highest BCUT2D eigenvalue weighted by Gasteiger charge is 2.38. The lowest BCUT2D eigenvalue weighted by molar-refractivity contribution is -0.134. The van der Waals surface area contributed by atoms with E-state index >= 15 is 0 Å². The van der Waals surface area contributed by atoms with Crippen molar-refractivity contribution >= 4 is 5.91 Å². The average Bonchev–Trinajstić information content (AvgIpc) is 2.80.